The summed E-state index contributed by atoms with van der Waals surface area (Å²) in [5, 5.41) is 3.03. The van der Waals surface area contributed by atoms with Crippen LogP contribution in [0.25, 0.3) is 0 Å². The van der Waals surface area contributed by atoms with Gasteiger partial charge in [0.25, 0.3) is 5.91 Å². The van der Waals surface area contributed by atoms with Crippen LogP contribution in [0.3, 0.4) is 0 Å². The first-order valence-corrected chi connectivity index (χ1v) is 9.72. The van der Waals surface area contributed by atoms with Crippen LogP contribution in [0.2, 0.25) is 0 Å². The molecule has 1 aromatic rings. The number of hydrogen-bond donors (Lipinski definition) is 2. The minimum Gasteiger partial charge on any atom is -0.459 e. The summed E-state index contributed by atoms with van der Waals surface area (Å²) in [7, 11) is 0. The number of hydrogen-bond acceptors (Lipinski definition) is 7. The van der Waals surface area contributed by atoms with Gasteiger partial charge >= 0.3 is 5.97 Å². The minimum absolute atomic E-state index is 0.0450. The van der Waals surface area contributed by atoms with Crippen LogP contribution >= 0.6 is 11.3 Å². The molecule has 0 aliphatic carbocycles. The number of primary amides is 1. The highest BCUT2D eigenvalue weighted by Crippen LogP contribution is 2.33. The van der Waals surface area contributed by atoms with E-state index in [1.54, 1.807) is 20.8 Å². The Balaban J connectivity index is 2.18. The first-order valence-electron chi connectivity index (χ1n) is 8.90. The van der Waals surface area contributed by atoms with Crippen molar-refractivity contribution in [3.8, 4) is 0 Å². The highest BCUT2D eigenvalue weighted by molar-refractivity contribution is 7.18. The van der Waals surface area contributed by atoms with Gasteiger partial charge in [0, 0.05) is 13.1 Å². The van der Waals surface area contributed by atoms with Crippen molar-refractivity contribution in [2.24, 2.45) is 5.73 Å². The molecule has 1 aromatic heterocycles. The lowest BCUT2D eigenvalue weighted by Crippen LogP contribution is -2.48. The number of esters is 1. The van der Waals surface area contributed by atoms with Crippen LogP contribution in [-0.4, -0.2) is 60.6 Å². The molecular weight excluding hydrogens is 370 g/mol. The molecule has 0 saturated carbocycles. The lowest BCUT2D eigenvalue weighted by Gasteiger charge is -2.34. The predicted molar refractivity (Wildman–Crippen MR) is 103 cm³/mol. The van der Waals surface area contributed by atoms with Crippen LogP contribution in [0.4, 0.5) is 5.00 Å². The number of ether oxygens (including phenoxy) is 2. The van der Waals surface area contributed by atoms with E-state index in [0.717, 1.165) is 11.3 Å². The largest absolute Gasteiger partial charge is 0.459 e. The van der Waals surface area contributed by atoms with Crippen LogP contribution < -0.4 is 11.1 Å². The molecule has 1 fully saturated rings. The van der Waals surface area contributed by atoms with Crippen LogP contribution in [0.1, 0.15) is 53.3 Å². The van der Waals surface area contributed by atoms with Crippen molar-refractivity contribution in [2.75, 3.05) is 25.0 Å². The van der Waals surface area contributed by atoms with Crippen LogP contribution in [0.15, 0.2) is 0 Å². The molecule has 2 atom stereocenters. The molecule has 2 rings (SSSR count). The average molecular weight is 397 g/mol. The Bertz CT molecular complexity index is 721. The van der Waals surface area contributed by atoms with Crippen molar-refractivity contribution in [3.05, 3.63) is 16.0 Å². The molecule has 0 bridgehead atoms. The number of rotatable bonds is 6. The fourth-order valence-corrected chi connectivity index (χ4v) is 4.20. The number of nitrogens with two attached hydrogens (primary N) is 1. The zero-order valence-corrected chi connectivity index (χ0v) is 17.1. The molecule has 1 aliphatic heterocycles. The van der Waals surface area contributed by atoms with Gasteiger partial charge < -0.3 is 20.5 Å². The molecule has 0 unspecified atom stereocenters. The summed E-state index contributed by atoms with van der Waals surface area (Å²) >= 11 is 0.991. The summed E-state index contributed by atoms with van der Waals surface area (Å²) in [5.41, 5.74) is 5.99. The van der Waals surface area contributed by atoms with Crippen molar-refractivity contribution in [3.63, 3.8) is 0 Å². The second kappa shape index (κ2) is 8.81. The molecule has 3 N–H and O–H groups in total. The van der Waals surface area contributed by atoms with Gasteiger partial charge in [0.1, 0.15) is 5.00 Å². The van der Waals surface area contributed by atoms with Crippen molar-refractivity contribution in [1.82, 2.24) is 4.90 Å². The van der Waals surface area contributed by atoms with Crippen molar-refractivity contribution in [2.45, 2.75) is 52.9 Å². The van der Waals surface area contributed by atoms with E-state index in [1.165, 1.54) is 0 Å². The van der Waals surface area contributed by atoms with Gasteiger partial charge in [0.2, 0.25) is 5.91 Å². The first-order chi connectivity index (χ1) is 12.6. The highest BCUT2D eigenvalue weighted by atomic mass is 32.1. The maximum Gasteiger partial charge on any atom is 0.341 e. The molecule has 0 aromatic carbocycles. The molecule has 8 nitrogen and oxygen atoms in total. The van der Waals surface area contributed by atoms with E-state index in [4.69, 9.17) is 15.2 Å². The Hall–Kier alpha value is -1.97. The number of thiophene rings is 1. The lowest BCUT2D eigenvalue weighted by molar-refractivity contribution is -0.121. The van der Waals surface area contributed by atoms with E-state index in [1.807, 2.05) is 18.7 Å². The lowest BCUT2D eigenvalue weighted by atomic mass is 10.1. The van der Waals surface area contributed by atoms with Crippen LogP contribution in [0.5, 0.6) is 0 Å². The molecule has 1 aliphatic rings. The van der Waals surface area contributed by atoms with Gasteiger partial charge in [-0.05, 0) is 40.2 Å². The second-order valence-corrected chi connectivity index (χ2v) is 8.10. The van der Waals surface area contributed by atoms with Crippen molar-refractivity contribution >= 4 is 34.1 Å². The van der Waals surface area contributed by atoms with Crippen LogP contribution in [-0.2, 0) is 14.3 Å². The Labute approximate surface area is 163 Å². The SMILES string of the molecule is Cc1c(C(N)=O)sc(NC(=O)CN2C[C@H](C)O[C@@H](C)C2)c1C(=O)OC(C)C. The Morgan fingerprint density at radius 2 is 1.89 bits per heavy atom. The van der Waals surface area contributed by atoms with Gasteiger partial charge in [-0.1, -0.05) is 0 Å². The zero-order valence-electron chi connectivity index (χ0n) is 16.3. The molecule has 0 radical (unpaired) electrons. The quantitative estimate of drug-likeness (QED) is 0.708. The third-order valence-electron chi connectivity index (χ3n) is 4.03. The number of carbonyl (C=O) groups is 3. The zero-order chi connectivity index (χ0) is 20.3. The summed E-state index contributed by atoms with van der Waals surface area (Å²) in [4.78, 5) is 38.9. The molecule has 150 valence electrons. The van der Waals surface area contributed by atoms with Crippen LogP contribution in [0, 0.1) is 6.92 Å². The minimum atomic E-state index is -0.646. The predicted octanol–water partition coefficient (Wildman–Crippen LogP) is 1.77. The van der Waals surface area contributed by atoms with E-state index >= 15 is 0 Å². The maximum absolute atomic E-state index is 12.5. The third kappa shape index (κ3) is 5.50. The number of nitrogens with zero attached hydrogens (tertiary/aromatic N) is 1. The van der Waals surface area contributed by atoms with E-state index in [-0.39, 0.29) is 46.2 Å². The van der Waals surface area contributed by atoms with Crippen molar-refractivity contribution in [1.29, 1.82) is 0 Å². The smallest absolute Gasteiger partial charge is 0.341 e. The number of nitrogens with one attached hydrogen (secondary N) is 1. The third-order valence-corrected chi connectivity index (χ3v) is 5.25. The molecule has 1 saturated heterocycles. The summed E-state index contributed by atoms with van der Waals surface area (Å²) in [6, 6.07) is 0. The molecule has 27 heavy (non-hydrogen) atoms. The Kier molecular flexibility index (Phi) is 6.96. The molecule has 9 heteroatoms. The second-order valence-electron chi connectivity index (χ2n) is 7.08. The van der Waals surface area contributed by atoms with E-state index < -0.39 is 11.9 Å². The molecule has 2 heterocycles. The fourth-order valence-electron chi connectivity index (χ4n) is 3.14. The monoisotopic (exact) mass is 397 g/mol. The van der Waals surface area contributed by atoms with Gasteiger partial charge in [-0.2, -0.15) is 0 Å². The Morgan fingerprint density at radius 1 is 1.30 bits per heavy atom. The topological polar surface area (TPSA) is 111 Å². The first kappa shape index (κ1) is 21.3. The van der Waals surface area contributed by atoms with Crippen molar-refractivity contribution < 1.29 is 23.9 Å². The Morgan fingerprint density at radius 3 is 2.41 bits per heavy atom. The van der Waals surface area contributed by atoms with Gasteiger partial charge in [-0.15, -0.1) is 11.3 Å². The standard InChI is InChI=1S/C18H27N3O5S/c1-9(2)25-18(24)14-12(5)15(16(19)23)27-17(14)20-13(22)8-21-6-10(3)26-11(4)7-21/h9-11H,6-8H2,1-5H3,(H2,19,23)(H,20,22)/t10-,11-/m0/s1. The van der Waals surface area contributed by atoms with E-state index in [0.29, 0.717) is 18.7 Å². The fraction of sp³-hybridized carbons (Fsp3) is 0.611. The number of anilines is 1. The van der Waals surface area contributed by atoms with Gasteiger partial charge in [-0.25, -0.2) is 4.79 Å². The normalized spacial score (nSPS) is 20.5. The van der Waals surface area contributed by atoms with E-state index in [2.05, 4.69) is 5.32 Å². The average Bonchev–Trinajstić information content (AvgIpc) is 2.81. The highest BCUT2D eigenvalue weighted by Gasteiger charge is 2.28. The maximum atomic E-state index is 12.5. The molecular formula is C18H27N3O5S. The number of morpholine rings is 1. The number of carbonyl (C=O) groups excluding carboxylic acids is 3. The summed E-state index contributed by atoms with van der Waals surface area (Å²) in [5.74, 6) is -1.50. The number of amides is 2. The van der Waals surface area contributed by atoms with Gasteiger partial charge in [0.05, 0.1) is 35.3 Å². The van der Waals surface area contributed by atoms with Gasteiger partial charge in [0.15, 0.2) is 0 Å². The van der Waals surface area contributed by atoms with E-state index in [9.17, 15) is 14.4 Å². The summed E-state index contributed by atoms with van der Waals surface area (Å²) in [6.45, 7) is 10.5. The molecule has 2 amide bonds. The summed E-state index contributed by atoms with van der Waals surface area (Å²) in [6.07, 6.45) is -0.235. The molecule has 0 spiro atoms. The van der Waals surface area contributed by atoms with Gasteiger partial charge in [-0.3, -0.25) is 14.5 Å². The summed E-state index contributed by atoms with van der Waals surface area (Å²) < 4.78 is 10.9.